The average Bonchev–Trinajstić information content (AvgIpc) is 2.36. The molecule has 19 heavy (non-hydrogen) atoms. The van der Waals surface area contributed by atoms with E-state index in [9.17, 15) is 18.0 Å². The third-order valence-corrected chi connectivity index (χ3v) is 4.15. The van der Waals surface area contributed by atoms with Crippen molar-refractivity contribution < 1.29 is 27.9 Å². The van der Waals surface area contributed by atoms with E-state index in [-0.39, 0.29) is 16.0 Å². The summed E-state index contributed by atoms with van der Waals surface area (Å²) in [7, 11) is -0.102. The molecule has 0 bridgehead atoms. The van der Waals surface area contributed by atoms with E-state index >= 15 is 0 Å². The number of hydrogen-bond donors (Lipinski definition) is 1. The number of nitrogens with zero attached hydrogens (tertiary/aromatic N) is 1. The molecular weight excluding hydrogens is 274 g/mol. The van der Waals surface area contributed by atoms with Gasteiger partial charge in [0.15, 0.2) is 0 Å². The first-order chi connectivity index (χ1) is 8.70. The van der Waals surface area contributed by atoms with Crippen LogP contribution in [0.15, 0.2) is 23.1 Å². The fraction of sp³-hybridized carbons (Fsp3) is 0.273. The van der Waals surface area contributed by atoms with E-state index in [2.05, 4.69) is 4.74 Å². The Hall–Kier alpha value is -1.93. The number of esters is 1. The molecule has 0 aliphatic carbocycles. The molecule has 0 atom stereocenters. The zero-order valence-corrected chi connectivity index (χ0v) is 11.4. The second-order valence-corrected chi connectivity index (χ2v) is 5.98. The molecule has 1 aromatic carbocycles. The van der Waals surface area contributed by atoms with Crippen molar-refractivity contribution in [1.29, 1.82) is 0 Å². The molecule has 0 aliphatic rings. The van der Waals surface area contributed by atoms with Crippen molar-refractivity contribution in [3.05, 3.63) is 29.3 Å². The van der Waals surface area contributed by atoms with Crippen LogP contribution in [0.2, 0.25) is 0 Å². The minimum Gasteiger partial charge on any atom is -0.478 e. The minimum absolute atomic E-state index is 0.136. The van der Waals surface area contributed by atoms with Gasteiger partial charge >= 0.3 is 11.9 Å². The topological polar surface area (TPSA) is 101 Å². The van der Waals surface area contributed by atoms with Crippen LogP contribution in [0.1, 0.15) is 20.7 Å². The van der Waals surface area contributed by atoms with Crippen LogP contribution in [0.4, 0.5) is 0 Å². The normalized spacial score (nSPS) is 11.4. The van der Waals surface area contributed by atoms with Crippen LogP contribution in [0.3, 0.4) is 0 Å². The first-order valence-corrected chi connectivity index (χ1v) is 6.53. The molecule has 7 nitrogen and oxygen atoms in total. The standard InChI is InChI=1S/C11H13NO6S/c1-12(2)19(16,17)9-5-7(10(13)14)4-8(6-9)11(15)18-3/h4-6H,1-3H3,(H,13,14). The van der Waals surface area contributed by atoms with Gasteiger partial charge in [-0.15, -0.1) is 0 Å². The van der Waals surface area contributed by atoms with E-state index in [4.69, 9.17) is 5.11 Å². The molecule has 1 N–H and O–H groups in total. The number of carboxylic acids is 1. The molecule has 104 valence electrons. The molecule has 0 fully saturated rings. The molecule has 0 saturated heterocycles. The average molecular weight is 287 g/mol. The Bertz CT molecular complexity index is 620. The Balaban J connectivity index is 3.54. The number of benzene rings is 1. The Labute approximate surface area is 110 Å². The highest BCUT2D eigenvalue weighted by molar-refractivity contribution is 7.89. The second kappa shape index (κ2) is 5.37. The summed E-state index contributed by atoms with van der Waals surface area (Å²) in [6.07, 6.45) is 0. The van der Waals surface area contributed by atoms with Crippen molar-refractivity contribution in [2.75, 3.05) is 21.2 Å². The number of carbonyl (C=O) groups is 2. The van der Waals surface area contributed by atoms with E-state index in [0.717, 1.165) is 29.6 Å². The molecule has 0 heterocycles. The highest BCUT2D eigenvalue weighted by atomic mass is 32.2. The SMILES string of the molecule is COC(=O)c1cc(C(=O)O)cc(S(=O)(=O)N(C)C)c1. The maximum Gasteiger partial charge on any atom is 0.337 e. The third-order valence-electron chi connectivity index (χ3n) is 2.35. The van der Waals surface area contributed by atoms with Gasteiger partial charge in [0.25, 0.3) is 0 Å². The number of carboxylic acid groups (broad SMARTS) is 1. The van der Waals surface area contributed by atoms with E-state index < -0.39 is 22.0 Å². The zero-order valence-electron chi connectivity index (χ0n) is 10.6. The van der Waals surface area contributed by atoms with Crippen molar-refractivity contribution in [1.82, 2.24) is 4.31 Å². The summed E-state index contributed by atoms with van der Waals surface area (Å²) in [5.74, 6) is -2.14. The Kier molecular flexibility index (Phi) is 4.28. The van der Waals surface area contributed by atoms with Gasteiger partial charge in [0.05, 0.1) is 23.1 Å². The van der Waals surface area contributed by atoms with E-state index in [1.165, 1.54) is 14.1 Å². The number of rotatable bonds is 4. The lowest BCUT2D eigenvalue weighted by molar-refractivity contribution is 0.0600. The van der Waals surface area contributed by atoms with Crippen LogP contribution in [0.25, 0.3) is 0 Å². The summed E-state index contributed by atoms with van der Waals surface area (Å²) in [6, 6.07) is 3.13. The van der Waals surface area contributed by atoms with Gasteiger partial charge in [-0.05, 0) is 18.2 Å². The van der Waals surface area contributed by atoms with E-state index in [1.54, 1.807) is 0 Å². The monoisotopic (exact) mass is 287 g/mol. The van der Waals surface area contributed by atoms with Crippen LogP contribution in [-0.2, 0) is 14.8 Å². The van der Waals surface area contributed by atoms with Crippen LogP contribution in [0, 0.1) is 0 Å². The van der Waals surface area contributed by atoms with Crippen molar-refractivity contribution in [3.63, 3.8) is 0 Å². The number of aromatic carboxylic acids is 1. The van der Waals surface area contributed by atoms with E-state index in [0.29, 0.717) is 0 Å². The molecule has 0 radical (unpaired) electrons. The van der Waals surface area contributed by atoms with Gasteiger partial charge in [0.1, 0.15) is 0 Å². The van der Waals surface area contributed by atoms with Gasteiger partial charge in [0, 0.05) is 14.1 Å². The van der Waals surface area contributed by atoms with Crippen molar-refractivity contribution in [2.24, 2.45) is 0 Å². The van der Waals surface area contributed by atoms with Gasteiger partial charge in [-0.3, -0.25) is 0 Å². The largest absolute Gasteiger partial charge is 0.478 e. The van der Waals surface area contributed by atoms with Crippen molar-refractivity contribution in [2.45, 2.75) is 4.90 Å². The fourth-order valence-corrected chi connectivity index (χ4v) is 2.29. The first-order valence-electron chi connectivity index (χ1n) is 5.09. The molecule has 0 aliphatic heterocycles. The maximum absolute atomic E-state index is 12.0. The van der Waals surface area contributed by atoms with Crippen molar-refractivity contribution >= 4 is 22.0 Å². The van der Waals surface area contributed by atoms with Gasteiger partial charge < -0.3 is 9.84 Å². The molecule has 0 amide bonds. The molecule has 1 rings (SSSR count). The lowest BCUT2D eigenvalue weighted by atomic mass is 10.1. The summed E-state index contributed by atoms with van der Waals surface area (Å²) in [6.45, 7) is 0. The highest BCUT2D eigenvalue weighted by Crippen LogP contribution is 2.18. The van der Waals surface area contributed by atoms with Crippen LogP contribution >= 0.6 is 0 Å². The third kappa shape index (κ3) is 3.09. The van der Waals surface area contributed by atoms with Gasteiger partial charge in [-0.25, -0.2) is 22.3 Å². The van der Waals surface area contributed by atoms with Gasteiger partial charge in [-0.1, -0.05) is 0 Å². The first kappa shape index (κ1) is 15.1. The molecule has 0 spiro atoms. The highest BCUT2D eigenvalue weighted by Gasteiger charge is 2.22. The number of carbonyl (C=O) groups excluding carboxylic acids is 1. The molecule has 1 aromatic rings. The lowest BCUT2D eigenvalue weighted by Crippen LogP contribution is -2.23. The molecule has 0 unspecified atom stereocenters. The van der Waals surface area contributed by atoms with Crippen molar-refractivity contribution in [3.8, 4) is 0 Å². The van der Waals surface area contributed by atoms with Crippen LogP contribution in [0.5, 0.6) is 0 Å². The Morgan fingerprint density at radius 2 is 1.68 bits per heavy atom. The summed E-state index contributed by atoms with van der Waals surface area (Å²) in [4.78, 5) is 22.1. The predicted octanol–water partition coefficient (Wildman–Crippen LogP) is 0.422. The molecule has 0 saturated carbocycles. The maximum atomic E-state index is 12.0. The second-order valence-electron chi connectivity index (χ2n) is 3.83. The Morgan fingerprint density at radius 3 is 2.11 bits per heavy atom. The van der Waals surface area contributed by atoms with Gasteiger partial charge in [-0.2, -0.15) is 0 Å². The minimum atomic E-state index is -3.83. The quantitative estimate of drug-likeness (QED) is 0.805. The number of methoxy groups -OCH3 is 1. The summed E-state index contributed by atoms with van der Waals surface area (Å²) in [5.41, 5.74) is -0.439. The summed E-state index contributed by atoms with van der Waals surface area (Å²) in [5, 5.41) is 8.93. The smallest absolute Gasteiger partial charge is 0.337 e. The Morgan fingerprint density at radius 1 is 1.16 bits per heavy atom. The van der Waals surface area contributed by atoms with Gasteiger partial charge in [0.2, 0.25) is 10.0 Å². The molecule has 0 aromatic heterocycles. The lowest BCUT2D eigenvalue weighted by Gasteiger charge is -2.12. The summed E-state index contributed by atoms with van der Waals surface area (Å²) < 4.78 is 29.3. The van der Waals surface area contributed by atoms with Crippen LogP contribution in [-0.4, -0.2) is 51.0 Å². The van der Waals surface area contributed by atoms with E-state index in [1.807, 2.05) is 0 Å². The zero-order chi connectivity index (χ0) is 14.8. The number of hydrogen-bond acceptors (Lipinski definition) is 5. The number of sulfonamides is 1. The molecule has 8 heteroatoms. The summed E-state index contributed by atoms with van der Waals surface area (Å²) >= 11 is 0. The predicted molar refractivity (Wildman–Crippen MR) is 65.6 cm³/mol. The number of ether oxygens (including phenoxy) is 1. The fourth-order valence-electron chi connectivity index (χ4n) is 1.32. The molecular formula is C11H13NO6S. The van der Waals surface area contributed by atoms with Crippen LogP contribution < -0.4 is 0 Å².